The van der Waals surface area contributed by atoms with Crippen LogP contribution in [0.15, 0.2) is 12.3 Å². The van der Waals surface area contributed by atoms with E-state index in [1.807, 2.05) is 48.5 Å². The normalized spacial score (nSPS) is 26.5. The number of ketones is 1. The second kappa shape index (κ2) is 15.9. The summed E-state index contributed by atoms with van der Waals surface area (Å²) in [5.74, 6) is -2.42. The second-order valence-electron chi connectivity index (χ2n) is 20.3. The molecule has 2 saturated carbocycles. The molecule has 2 aliphatic heterocycles. The molecule has 0 bridgehead atoms. The van der Waals surface area contributed by atoms with E-state index in [9.17, 15) is 19.2 Å². The number of nitrogens with one attached hydrogen (secondary N) is 4. The number of fused-ring (bicyclic) bond motifs is 1. The highest BCUT2D eigenvalue weighted by molar-refractivity contribution is 6.38. The van der Waals surface area contributed by atoms with Crippen LogP contribution >= 0.6 is 0 Å². The first kappa shape index (κ1) is 43.8. The van der Waals surface area contributed by atoms with Crippen molar-refractivity contribution in [3.05, 3.63) is 12.3 Å². The Kier molecular flexibility index (Phi) is 12.9. The molecule has 2 heterocycles. The van der Waals surface area contributed by atoms with Crippen molar-refractivity contribution >= 4 is 29.4 Å². The molecule has 2 aliphatic carbocycles. The summed E-state index contributed by atoms with van der Waals surface area (Å²) in [5.41, 5.74) is -0.662. The third-order valence-electron chi connectivity index (χ3n) is 13.7. The number of Topliss-reactive ketones (excluding diaryl/α,β-unsaturated/α-hetero) is 1. The summed E-state index contributed by atoms with van der Waals surface area (Å²) in [6, 6.07) is -3.21. The molecule has 4 aliphatic rings. The molecular weight excluding hydrogens is 681 g/mol. The van der Waals surface area contributed by atoms with E-state index in [0.29, 0.717) is 31.8 Å². The zero-order valence-electron chi connectivity index (χ0n) is 36.0. The average Bonchev–Trinajstić information content (AvgIpc) is 3.26. The number of hydrogen-bond acceptors (Lipinski definition) is 7. The molecule has 0 aromatic rings. The van der Waals surface area contributed by atoms with Crippen LogP contribution in [0.2, 0.25) is 0 Å². The summed E-state index contributed by atoms with van der Waals surface area (Å²) in [5, 5.41) is 12.3. The molecule has 4 N–H and O–H groups in total. The van der Waals surface area contributed by atoms with Crippen LogP contribution in [0.5, 0.6) is 0 Å². The van der Waals surface area contributed by atoms with Gasteiger partial charge in [-0.3, -0.25) is 28.9 Å². The summed E-state index contributed by atoms with van der Waals surface area (Å²) < 4.78 is 0. The van der Waals surface area contributed by atoms with Gasteiger partial charge < -0.3 is 26.2 Å². The Hall–Kier alpha value is -2.95. The van der Waals surface area contributed by atoms with Gasteiger partial charge >= 0.3 is 0 Å². The van der Waals surface area contributed by atoms with Crippen LogP contribution in [-0.4, -0.2) is 94.6 Å². The van der Waals surface area contributed by atoms with Crippen molar-refractivity contribution in [3.8, 4) is 0 Å². The van der Waals surface area contributed by atoms with E-state index < -0.39 is 52.6 Å². The Morgan fingerprint density at radius 2 is 1.41 bits per heavy atom. The third-order valence-corrected chi connectivity index (χ3v) is 13.7. The lowest BCUT2D eigenvalue weighted by Crippen LogP contribution is -2.62. The van der Waals surface area contributed by atoms with Gasteiger partial charge in [0.2, 0.25) is 23.5 Å². The van der Waals surface area contributed by atoms with Crippen LogP contribution in [0.1, 0.15) is 148 Å². The highest BCUT2D eigenvalue weighted by Crippen LogP contribution is 2.88. The lowest BCUT2D eigenvalue weighted by molar-refractivity contribution is -0.145. The van der Waals surface area contributed by atoms with Crippen LogP contribution < -0.4 is 21.3 Å². The first-order chi connectivity index (χ1) is 24.9. The van der Waals surface area contributed by atoms with Gasteiger partial charge in [-0.1, -0.05) is 88.2 Å². The molecule has 2 saturated heterocycles. The average molecular weight is 755 g/mol. The van der Waals surface area contributed by atoms with E-state index >= 15 is 4.79 Å². The minimum Gasteiger partial charge on any atom is -0.376 e. The van der Waals surface area contributed by atoms with Crippen LogP contribution in [0.4, 0.5) is 0 Å². The Labute approximate surface area is 326 Å². The Morgan fingerprint density at radius 3 is 1.89 bits per heavy atom. The monoisotopic (exact) mass is 755 g/mol. The fraction of sp³-hybridized carbons (Fsp3) is 0.837. The number of piperidine rings is 1. The minimum absolute atomic E-state index is 0.0500. The fourth-order valence-corrected chi connectivity index (χ4v) is 10.3. The topological polar surface area (TPSA) is 140 Å². The zero-order chi connectivity index (χ0) is 40.8. The van der Waals surface area contributed by atoms with E-state index in [-0.39, 0.29) is 40.1 Å². The van der Waals surface area contributed by atoms with Crippen molar-refractivity contribution in [1.82, 2.24) is 31.1 Å². The Bertz CT molecular complexity index is 1450. The molecule has 4 rings (SSSR count). The van der Waals surface area contributed by atoms with Gasteiger partial charge in [0.05, 0.1) is 6.04 Å². The summed E-state index contributed by atoms with van der Waals surface area (Å²) >= 11 is 0. The maximum absolute atomic E-state index is 15.1. The molecule has 0 radical (unpaired) electrons. The lowest BCUT2D eigenvalue weighted by atomic mass is 9.73. The van der Waals surface area contributed by atoms with Crippen molar-refractivity contribution in [2.75, 3.05) is 13.1 Å². The molecule has 2 spiro atoms. The number of nitrogens with zero attached hydrogens (tertiary/aromatic N) is 2. The van der Waals surface area contributed by atoms with Crippen molar-refractivity contribution in [3.63, 3.8) is 0 Å². The van der Waals surface area contributed by atoms with Crippen LogP contribution in [0.3, 0.4) is 0 Å². The van der Waals surface area contributed by atoms with E-state index in [1.165, 1.54) is 0 Å². The number of amides is 4. The number of likely N-dealkylation sites (tertiary alicyclic amines) is 2. The lowest BCUT2D eigenvalue weighted by Gasteiger charge is -2.42. The highest BCUT2D eigenvalue weighted by atomic mass is 16.2. The molecule has 11 heteroatoms. The molecule has 54 heavy (non-hydrogen) atoms. The van der Waals surface area contributed by atoms with Crippen molar-refractivity contribution in [2.45, 2.75) is 190 Å². The Morgan fingerprint density at radius 1 is 0.796 bits per heavy atom. The predicted molar refractivity (Wildman–Crippen MR) is 214 cm³/mol. The predicted octanol–water partition coefficient (Wildman–Crippen LogP) is 5.47. The van der Waals surface area contributed by atoms with Gasteiger partial charge in [0, 0.05) is 35.8 Å². The summed E-state index contributed by atoms with van der Waals surface area (Å²) in [6.45, 7) is 32.1. The van der Waals surface area contributed by atoms with E-state index in [0.717, 1.165) is 50.8 Å². The van der Waals surface area contributed by atoms with Gasteiger partial charge in [-0.15, -0.1) is 0 Å². The molecule has 1 unspecified atom stereocenters. The second-order valence-corrected chi connectivity index (χ2v) is 20.3. The standard InChI is InChI=1S/C43H74N6O5/c1-15-19-29(32(50)36(52)44-26(2)3)46-35(51)31-24-43(41(13,14)42(43)21-18-22-42)25-49(31)38(54)34(40(10,11)12)47-37(53)33(39(7,8)9)45-28(6)30-20-16-17-23-48(30)27(4)5/h26-27,29-31,33-34,45H,6,15-25H2,1-5,7-14H3,(H,44,52)(H,46,51)(H,47,53)/t29-,30+,31-,33?,34+,43+/m0/s1. The molecule has 4 fully saturated rings. The van der Waals surface area contributed by atoms with Crippen molar-refractivity contribution in [2.24, 2.45) is 27.1 Å². The highest BCUT2D eigenvalue weighted by Gasteiger charge is 2.85. The zero-order valence-corrected chi connectivity index (χ0v) is 36.0. The van der Waals surface area contributed by atoms with E-state index in [4.69, 9.17) is 0 Å². The Balaban J connectivity index is 1.64. The minimum atomic E-state index is -1.000. The van der Waals surface area contributed by atoms with E-state index in [1.54, 1.807) is 18.7 Å². The maximum Gasteiger partial charge on any atom is 0.289 e. The third kappa shape index (κ3) is 8.13. The fourth-order valence-electron chi connectivity index (χ4n) is 10.3. The van der Waals surface area contributed by atoms with Crippen LogP contribution in [0, 0.1) is 27.1 Å². The van der Waals surface area contributed by atoms with E-state index in [2.05, 4.69) is 60.4 Å². The molecule has 11 nitrogen and oxygen atoms in total. The quantitative estimate of drug-likeness (QED) is 0.173. The number of hydrogen-bond donors (Lipinski definition) is 4. The summed E-state index contributed by atoms with van der Waals surface area (Å²) in [4.78, 5) is 74.2. The number of carbonyl (C=O) groups is 5. The van der Waals surface area contributed by atoms with Crippen molar-refractivity contribution in [1.29, 1.82) is 0 Å². The first-order valence-electron chi connectivity index (χ1n) is 20.8. The SMILES string of the molecule is C=C(NC(C(=O)N[C@H](C(=O)N1C[C@]2(C[C@H]1C(=O)N[C@@H](CCC)C(=O)C(=O)NC(C)C)C(C)(C)C21CCC1)C(C)(C)C)C(C)(C)C)[C@H]1CCCCN1C(C)C. The number of rotatable bonds is 14. The van der Waals surface area contributed by atoms with Crippen molar-refractivity contribution < 1.29 is 24.0 Å². The van der Waals surface area contributed by atoms with Gasteiger partial charge in [-0.05, 0) is 94.4 Å². The number of carbonyl (C=O) groups excluding carboxylic acids is 5. The van der Waals surface area contributed by atoms with Gasteiger partial charge in [0.15, 0.2) is 0 Å². The molecule has 0 aromatic carbocycles. The molecule has 306 valence electrons. The molecule has 6 atom stereocenters. The smallest absolute Gasteiger partial charge is 0.289 e. The molecular formula is C43H74N6O5. The van der Waals surface area contributed by atoms with Crippen LogP contribution in [0.25, 0.3) is 0 Å². The largest absolute Gasteiger partial charge is 0.376 e. The first-order valence-corrected chi connectivity index (χ1v) is 20.8. The van der Waals surface area contributed by atoms with Gasteiger partial charge in [-0.25, -0.2) is 0 Å². The maximum atomic E-state index is 15.1. The van der Waals surface area contributed by atoms with Crippen LogP contribution in [-0.2, 0) is 24.0 Å². The van der Waals surface area contributed by atoms with Gasteiger partial charge in [0.1, 0.15) is 18.1 Å². The molecule has 4 amide bonds. The van der Waals surface area contributed by atoms with Gasteiger partial charge in [0.25, 0.3) is 5.91 Å². The summed E-state index contributed by atoms with van der Waals surface area (Å²) in [7, 11) is 0. The molecule has 0 aromatic heterocycles. The van der Waals surface area contributed by atoms with Gasteiger partial charge in [-0.2, -0.15) is 0 Å². The summed E-state index contributed by atoms with van der Waals surface area (Å²) in [6.07, 6.45) is 7.81.